The van der Waals surface area contributed by atoms with E-state index in [1.165, 1.54) is 12.1 Å². The Morgan fingerprint density at radius 3 is 2.47 bits per heavy atom. The van der Waals surface area contributed by atoms with Crippen LogP contribution in [0.1, 0.15) is 40.4 Å². The number of nitrogens with one attached hydrogen (secondary N) is 1. The standard InChI is InChI=1S/C29H24FN5O/c30-22-10-6-9-21(17-22)27(20-13-14-20)34-29(36)26-23-11-4-5-12-25(23)33-28(19-7-2-1-3-8-19)24(26)18-35-31-15-16-32-35/h1-12,15-17,20,27H,13-14,18H2,(H,34,36)/t27-/m0/s1. The maximum atomic E-state index is 14.1. The van der Waals surface area contributed by atoms with E-state index in [9.17, 15) is 9.18 Å². The maximum Gasteiger partial charge on any atom is 0.252 e. The molecule has 0 bridgehead atoms. The Bertz CT molecular complexity index is 1530. The number of pyridine rings is 1. The Kier molecular flexibility index (Phi) is 5.73. The zero-order chi connectivity index (χ0) is 24.5. The smallest absolute Gasteiger partial charge is 0.252 e. The van der Waals surface area contributed by atoms with E-state index >= 15 is 0 Å². The first kappa shape index (κ1) is 22.1. The molecule has 7 heteroatoms. The van der Waals surface area contributed by atoms with E-state index in [4.69, 9.17) is 4.98 Å². The molecule has 36 heavy (non-hydrogen) atoms. The van der Waals surface area contributed by atoms with E-state index in [2.05, 4.69) is 15.5 Å². The van der Waals surface area contributed by atoms with Crippen LogP contribution in [-0.4, -0.2) is 25.9 Å². The van der Waals surface area contributed by atoms with Crippen molar-refractivity contribution in [2.45, 2.75) is 25.4 Å². The SMILES string of the molecule is O=C(N[C@H](c1cccc(F)c1)C1CC1)c1c(Cn2nccn2)c(-c2ccccc2)nc2ccccc12. The number of rotatable bonds is 7. The van der Waals surface area contributed by atoms with Crippen molar-refractivity contribution in [1.82, 2.24) is 25.3 Å². The van der Waals surface area contributed by atoms with Crippen LogP contribution in [-0.2, 0) is 6.54 Å². The van der Waals surface area contributed by atoms with Gasteiger partial charge in [-0.25, -0.2) is 9.37 Å². The lowest BCUT2D eigenvalue weighted by atomic mass is 9.95. The summed E-state index contributed by atoms with van der Waals surface area (Å²) in [5, 5.41) is 12.6. The third kappa shape index (κ3) is 4.35. The van der Waals surface area contributed by atoms with Crippen molar-refractivity contribution < 1.29 is 9.18 Å². The summed E-state index contributed by atoms with van der Waals surface area (Å²) in [6.07, 6.45) is 5.22. The van der Waals surface area contributed by atoms with Crippen LogP contribution in [0.2, 0.25) is 0 Å². The summed E-state index contributed by atoms with van der Waals surface area (Å²) in [6, 6.07) is 23.7. The van der Waals surface area contributed by atoms with Gasteiger partial charge < -0.3 is 5.32 Å². The highest BCUT2D eigenvalue weighted by Crippen LogP contribution is 2.41. The van der Waals surface area contributed by atoms with Crippen LogP contribution < -0.4 is 5.32 Å². The fraction of sp³-hybridized carbons (Fsp3) is 0.172. The highest BCUT2D eigenvalue weighted by Gasteiger charge is 2.35. The Labute approximate surface area is 207 Å². The fourth-order valence-electron chi connectivity index (χ4n) is 4.78. The zero-order valence-corrected chi connectivity index (χ0v) is 19.5. The van der Waals surface area contributed by atoms with Gasteiger partial charge in [0.15, 0.2) is 0 Å². The molecule has 3 aromatic carbocycles. The number of benzene rings is 3. The van der Waals surface area contributed by atoms with Gasteiger partial charge in [-0.05, 0) is 42.5 Å². The number of para-hydroxylation sites is 1. The largest absolute Gasteiger partial charge is 0.345 e. The molecule has 6 nitrogen and oxygen atoms in total. The van der Waals surface area contributed by atoms with Crippen molar-refractivity contribution in [2.24, 2.45) is 5.92 Å². The quantitative estimate of drug-likeness (QED) is 0.333. The highest BCUT2D eigenvalue weighted by atomic mass is 19.1. The number of fused-ring (bicyclic) bond motifs is 1. The van der Waals surface area contributed by atoms with Crippen molar-refractivity contribution in [1.29, 1.82) is 0 Å². The van der Waals surface area contributed by atoms with Crippen molar-refractivity contribution in [3.63, 3.8) is 0 Å². The van der Waals surface area contributed by atoms with Crippen LogP contribution >= 0.6 is 0 Å². The summed E-state index contributed by atoms with van der Waals surface area (Å²) >= 11 is 0. The molecular formula is C29H24FN5O. The summed E-state index contributed by atoms with van der Waals surface area (Å²) in [5.41, 5.74) is 4.41. The van der Waals surface area contributed by atoms with E-state index in [0.717, 1.165) is 40.4 Å². The average molecular weight is 478 g/mol. The maximum absolute atomic E-state index is 14.1. The molecule has 2 aromatic heterocycles. The second-order valence-corrected chi connectivity index (χ2v) is 9.10. The van der Waals surface area contributed by atoms with Crippen molar-refractivity contribution in [3.8, 4) is 11.3 Å². The third-order valence-electron chi connectivity index (χ3n) is 6.62. The Balaban J connectivity index is 1.52. The number of carbonyl (C=O) groups excluding carboxylic acids is 1. The molecule has 1 atom stereocenters. The molecule has 2 heterocycles. The van der Waals surface area contributed by atoms with Crippen LogP contribution in [0.15, 0.2) is 91.3 Å². The second-order valence-electron chi connectivity index (χ2n) is 9.10. The van der Waals surface area contributed by atoms with E-state index in [1.807, 2.05) is 60.7 Å². The monoisotopic (exact) mass is 477 g/mol. The second kappa shape index (κ2) is 9.34. The van der Waals surface area contributed by atoms with E-state index in [-0.39, 0.29) is 30.2 Å². The van der Waals surface area contributed by atoms with Gasteiger partial charge >= 0.3 is 0 Å². The predicted octanol–water partition coefficient (Wildman–Crippen LogP) is 5.56. The number of aromatic nitrogens is 4. The Morgan fingerprint density at radius 1 is 0.972 bits per heavy atom. The molecule has 0 aliphatic heterocycles. The predicted molar refractivity (Wildman–Crippen MR) is 136 cm³/mol. The molecule has 1 aliphatic carbocycles. The summed E-state index contributed by atoms with van der Waals surface area (Å²) in [5.74, 6) is -0.235. The van der Waals surface area contributed by atoms with Crippen molar-refractivity contribution in [2.75, 3.05) is 0 Å². The molecule has 1 aliphatic rings. The third-order valence-corrected chi connectivity index (χ3v) is 6.62. The zero-order valence-electron chi connectivity index (χ0n) is 19.5. The first-order valence-corrected chi connectivity index (χ1v) is 12.0. The molecule has 0 unspecified atom stereocenters. The van der Waals surface area contributed by atoms with Crippen LogP contribution in [0.5, 0.6) is 0 Å². The summed E-state index contributed by atoms with van der Waals surface area (Å²) in [4.78, 5) is 20.6. The van der Waals surface area contributed by atoms with Gasteiger partial charge in [-0.3, -0.25) is 4.79 Å². The van der Waals surface area contributed by atoms with Gasteiger partial charge in [-0.15, -0.1) is 0 Å². The number of carbonyl (C=O) groups is 1. The Hall–Kier alpha value is -4.39. The fourth-order valence-corrected chi connectivity index (χ4v) is 4.78. The first-order chi connectivity index (χ1) is 17.7. The van der Waals surface area contributed by atoms with Crippen molar-refractivity contribution >= 4 is 16.8 Å². The van der Waals surface area contributed by atoms with E-state index in [1.54, 1.807) is 23.3 Å². The molecule has 1 saturated carbocycles. The van der Waals surface area contributed by atoms with Gasteiger partial charge in [0, 0.05) is 16.5 Å². The van der Waals surface area contributed by atoms with Gasteiger partial charge in [-0.1, -0.05) is 60.7 Å². The average Bonchev–Trinajstić information content (AvgIpc) is 3.62. The molecule has 5 aromatic rings. The van der Waals surface area contributed by atoms with Gasteiger partial charge in [0.25, 0.3) is 5.91 Å². The normalized spacial score (nSPS) is 14.0. The number of amides is 1. The molecule has 0 spiro atoms. The first-order valence-electron chi connectivity index (χ1n) is 12.0. The van der Waals surface area contributed by atoms with E-state index in [0.29, 0.717) is 11.3 Å². The van der Waals surface area contributed by atoms with Crippen LogP contribution in [0, 0.1) is 11.7 Å². The summed E-state index contributed by atoms with van der Waals surface area (Å²) in [6.45, 7) is 0.284. The van der Waals surface area contributed by atoms with Crippen LogP contribution in [0.4, 0.5) is 4.39 Å². The minimum atomic E-state index is -0.307. The summed E-state index contributed by atoms with van der Waals surface area (Å²) in [7, 11) is 0. The molecular weight excluding hydrogens is 453 g/mol. The van der Waals surface area contributed by atoms with Crippen molar-refractivity contribution in [3.05, 3.63) is 114 Å². The molecule has 1 fully saturated rings. The molecule has 178 valence electrons. The number of nitrogens with zero attached hydrogens (tertiary/aromatic N) is 4. The van der Waals surface area contributed by atoms with Gasteiger partial charge in [-0.2, -0.15) is 15.0 Å². The van der Waals surface area contributed by atoms with Gasteiger partial charge in [0.1, 0.15) is 5.82 Å². The lowest BCUT2D eigenvalue weighted by molar-refractivity contribution is 0.0932. The Morgan fingerprint density at radius 2 is 1.72 bits per heavy atom. The lowest BCUT2D eigenvalue weighted by Gasteiger charge is -2.22. The number of hydrogen-bond acceptors (Lipinski definition) is 4. The minimum absolute atomic E-state index is 0.214. The lowest BCUT2D eigenvalue weighted by Crippen LogP contribution is -2.31. The molecule has 0 radical (unpaired) electrons. The molecule has 0 saturated heterocycles. The van der Waals surface area contributed by atoms with Gasteiger partial charge in [0.05, 0.1) is 41.8 Å². The minimum Gasteiger partial charge on any atom is -0.345 e. The molecule has 1 N–H and O–H groups in total. The highest BCUT2D eigenvalue weighted by molar-refractivity contribution is 6.09. The number of hydrogen-bond donors (Lipinski definition) is 1. The molecule has 1 amide bonds. The topological polar surface area (TPSA) is 72.7 Å². The molecule has 6 rings (SSSR count). The number of halogens is 1. The van der Waals surface area contributed by atoms with Gasteiger partial charge in [0.2, 0.25) is 0 Å². The van der Waals surface area contributed by atoms with Crippen LogP contribution in [0.25, 0.3) is 22.2 Å². The van der Waals surface area contributed by atoms with E-state index < -0.39 is 0 Å². The van der Waals surface area contributed by atoms with Crippen LogP contribution in [0.3, 0.4) is 0 Å². The summed E-state index contributed by atoms with van der Waals surface area (Å²) < 4.78 is 14.1.